The van der Waals surface area contributed by atoms with Gasteiger partial charge in [-0.3, -0.25) is 9.48 Å². The Morgan fingerprint density at radius 1 is 1.50 bits per heavy atom. The molecule has 0 unspecified atom stereocenters. The van der Waals surface area contributed by atoms with Crippen molar-refractivity contribution in [2.45, 2.75) is 6.54 Å². The molecule has 0 aliphatic carbocycles. The molecule has 0 spiro atoms. The van der Waals surface area contributed by atoms with E-state index in [9.17, 15) is 4.79 Å². The summed E-state index contributed by atoms with van der Waals surface area (Å²) < 4.78 is 2.39. The highest BCUT2D eigenvalue weighted by Crippen LogP contribution is 2.13. The highest BCUT2D eigenvalue weighted by molar-refractivity contribution is 7.17. The van der Waals surface area contributed by atoms with Gasteiger partial charge in [0.2, 0.25) is 0 Å². The Bertz CT molecular complexity index is 668. The van der Waals surface area contributed by atoms with Crippen molar-refractivity contribution in [3.63, 3.8) is 0 Å². The van der Waals surface area contributed by atoms with E-state index in [0.29, 0.717) is 17.1 Å². The van der Waals surface area contributed by atoms with Crippen LogP contribution in [0.3, 0.4) is 0 Å². The third-order valence-electron chi connectivity index (χ3n) is 2.23. The lowest BCUT2D eigenvalue weighted by Crippen LogP contribution is -2.13. The molecule has 16 heavy (non-hydrogen) atoms. The van der Waals surface area contributed by atoms with E-state index in [-0.39, 0.29) is 5.56 Å². The van der Waals surface area contributed by atoms with Gasteiger partial charge in [-0.1, -0.05) is 0 Å². The average molecular weight is 232 g/mol. The summed E-state index contributed by atoms with van der Waals surface area (Å²) in [5, 5.41) is 5.93. The summed E-state index contributed by atoms with van der Waals surface area (Å²) >= 11 is 1.40. The summed E-state index contributed by atoms with van der Waals surface area (Å²) in [6.07, 6.45) is 3.53. The lowest BCUT2D eigenvalue weighted by molar-refractivity contribution is 0.656. The monoisotopic (exact) mass is 232 g/mol. The normalized spacial score (nSPS) is 11.0. The Morgan fingerprint density at radius 3 is 3.25 bits per heavy atom. The maximum atomic E-state index is 11.7. The first kappa shape index (κ1) is 9.29. The summed E-state index contributed by atoms with van der Waals surface area (Å²) in [7, 11) is 0. The minimum absolute atomic E-state index is 0.0813. The predicted molar refractivity (Wildman–Crippen MR) is 61.6 cm³/mol. The number of nitrogens with zero attached hydrogens (tertiary/aromatic N) is 3. The van der Waals surface area contributed by atoms with Crippen LogP contribution in [-0.4, -0.2) is 19.7 Å². The van der Waals surface area contributed by atoms with E-state index in [1.165, 1.54) is 11.3 Å². The molecule has 80 valence electrons. The molecule has 1 N–H and O–H groups in total. The van der Waals surface area contributed by atoms with E-state index in [1.807, 2.05) is 23.7 Å². The quantitative estimate of drug-likeness (QED) is 0.722. The van der Waals surface area contributed by atoms with Crippen LogP contribution in [-0.2, 0) is 6.54 Å². The van der Waals surface area contributed by atoms with Crippen molar-refractivity contribution in [2.24, 2.45) is 0 Å². The first-order valence-corrected chi connectivity index (χ1v) is 5.65. The Labute approximate surface area is 94.4 Å². The van der Waals surface area contributed by atoms with Crippen LogP contribution in [0.5, 0.6) is 0 Å². The van der Waals surface area contributed by atoms with Crippen molar-refractivity contribution in [2.75, 3.05) is 0 Å². The molecule has 0 atom stereocenters. The van der Waals surface area contributed by atoms with Gasteiger partial charge in [-0.15, -0.1) is 11.3 Å². The number of aromatic nitrogens is 4. The molecule has 3 heterocycles. The van der Waals surface area contributed by atoms with Gasteiger partial charge in [0.25, 0.3) is 5.56 Å². The third-order valence-corrected chi connectivity index (χ3v) is 3.14. The molecular formula is C10H8N4OS. The number of rotatable bonds is 2. The molecule has 3 aromatic heterocycles. The van der Waals surface area contributed by atoms with Crippen LogP contribution in [0.1, 0.15) is 5.82 Å². The van der Waals surface area contributed by atoms with E-state index < -0.39 is 0 Å². The zero-order valence-electron chi connectivity index (χ0n) is 8.25. The van der Waals surface area contributed by atoms with Gasteiger partial charge in [0.05, 0.1) is 12.1 Å². The van der Waals surface area contributed by atoms with Crippen LogP contribution < -0.4 is 5.56 Å². The summed E-state index contributed by atoms with van der Waals surface area (Å²) in [5.74, 6) is 0.625. The van der Waals surface area contributed by atoms with Gasteiger partial charge < -0.3 is 4.98 Å². The van der Waals surface area contributed by atoms with Crippen molar-refractivity contribution in [3.05, 3.63) is 46.1 Å². The minimum Gasteiger partial charge on any atom is -0.308 e. The topological polar surface area (TPSA) is 63.6 Å². The molecule has 5 nitrogen and oxygen atoms in total. The molecule has 3 aromatic rings. The highest BCUT2D eigenvalue weighted by atomic mass is 32.1. The average Bonchev–Trinajstić information content (AvgIpc) is 2.87. The van der Waals surface area contributed by atoms with Gasteiger partial charge in [0.1, 0.15) is 10.5 Å². The Balaban J connectivity index is 2.07. The van der Waals surface area contributed by atoms with Crippen LogP contribution >= 0.6 is 11.3 Å². The largest absolute Gasteiger partial charge is 0.308 e. The number of aromatic amines is 1. The first-order chi connectivity index (χ1) is 7.83. The van der Waals surface area contributed by atoms with Crippen LogP contribution in [0.15, 0.2) is 34.7 Å². The van der Waals surface area contributed by atoms with Gasteiger partial charge in [0, 0.05) is 12.4 Å². The smallest absolute Gasteiger partial charge is 0.268 e. The van der Waals surface area contributed by atoms with E-state index in [1.54, 1.807) is 10.9 Å². The van der Waals surface area contributed by atoms with E-state index in [0.717, 1.165) is 5.52 Å². The molecule has 0 aliphatic rings. The molecular weight excluding hydrogens is 224 g/mol. The molecule has 0 bridgehead atoms. The molecule has 0 radical (unpaired) electrons. The molecule has 0 saturated carbocycles. The maximum Gasteiger partial charge on any atom is 0.268 e. The zero-order chi connectivity index (χ0) is 11.0. The van der Waals surface area contributed by atoms with Crippen molar-refractivity contribution in [3.8, 4) is 0 Å². The number of nitrogens with one attached hydrogen (secondary N) is 1. The second-order valence-corrected chi connectivity index (χ2v) is 4.27. The lowest BCUT2D eigenvalue weighted by atomic mass is 10.4. The summed E-state index contributed by atoms with van der Waals surface area (Å²) in [6.45, 7) is 0.480. The number of hydrogen-bond acceptors (Lipinski definition) is 4. The molecule has 6 heteroatoms. The van der Waals surface area contributed by atoms with E-state index >= 15 is 0 Å². The lowest BCUT2D eigenvalue weighted by Gasteiger charge is -2.00. The second kappa shape index (κ2) is 3.57. The fourth-order valence-corrected chi connectivity index (χ4v) is 2.27. The fraction of sp³-hybridized carbons (Fsp3) is 0.100. The predicted octanol–water partition coefficient (Wildman–Crippen LogP) is 1.23. The molecule has 0 aromatic carbocycles. The van der Waals surface area contributed by atoms with Gasteiger partial charge in [-0.05, 0) is 17.5 Å². The van der Waals surface area contributed by atoms with Crippen LogP contribution in [0.2, 0.25) is 0 Å². The summed E-state index contributed by atoms with van der Waals surface area (Å²) in [5.41, 5.74) is 0.665. The number of hydrogen-bond donors (Lipinski definition) is 1. The minimum atomic E-state index is -0.0813. The molecule has 3 rings (SSSR count). The van der Waals surface area contributed by atoms with Gasteiger partial charge >= 0.3 is 0 Å². The fourth-order valence-electron chi connectivity index (χ4n) is 1.54. The highest BCUT2D eigenvalue weighted by Gasteiger charge is 2.05. The third kappa shape index (κ3) is 1.53. The number of thiophene rings is 1. The summed E-state index contributed by atoms with van der Waals surface area (Å²) in [6, 6.07) is 3.68. The summed E-state index contributed by atoms with van der Waals surface area (Å²) in [4.78, 5) is 18.8. The Kier molecular flexibility index (Phi) is 2.07. The van der Waals surface area contributed by atoms with E-state index in [4.69, 9.17) is 0 Å². The van der Waals surface area contributed by atoms with Crippen LogP contribution in [0.25, 0.3) is 10.2 Å². The van der Waals surface area contributed by atoms with Gasteiger partial charge in [-0.25, -0.2) is 4.98 Å². The molecule has 0 fully saturated rings. The number of H-pyrrole nitrogens is 1. The standard InChI is InChI=1S/C10H8N4OS/c15-10-9-7(2-5-16-9)12-8(13-10)6-14-4-1-3-11-14/h1-5H,6H2,(H,12,13,15). The van der Waals surface area contributed by atoms with Crippen molar-refractivity contribution >= 4 is 21.6 Å². The first-order valence-electron chi connectivity index (χ1n) is 4.77. The van der Waals surface area contributed by atoms with Crippen molar-refractivity contribution < 1.29 is 0 Å². The zero-order valence-corrected chi connectivity index (χ0v) is 9.07. The Morgan fingerprint density at radius 2 is 2.44 bits per heavy atom. The Hall–Kier alpha value is -1.95. The van der Waals surface area contributed by atoms with Crippen LogP contribution in [0.4, 0.5) is 0 Å². The SMILES string of the molecule is O=c1[nH]c(Cn2cccn2)nc2ccsc12. The molecule has 0 amide bonds. The van der Waals surface area contributed by atoms with Crippen molar-refractivity contribution in [1.29, 1.82) is 0 Å². The van der Waals surface area contributed by atoms with E-state index in [2.05, 4.69) is 15.1 Å². The number of fused-ring (bicyclic) bond motifs is 1. The molecule has 0 aliphatic heterocycles. The maximum absolute atomic E-state index is 11.7. The second-order valence-electron chi connectivity index (χ2n) is 3.35. The van der Waals surface area contributed by atoms with Crippen molar-refractivity contribution in [1.82, 2.24) is 19.7 Å². The molecule has 0 saturated heterocycles. The van der Waals surface area contributed by atoms with Gasteiger partial charge in [-0.2, -0.15) is 5.10 Å². The van der Waals surface area contributed by atoms with Crippen LogP contribution in [0, 0.1) is 0 Å². The van der Waals surface area contributed by atoms with Gasteiger partial charge in [0.15, 0.2) is 0 Å².